The molecule has 0 spiro atoms. The third-order valence-corrected chi connectivity index (χ3v) is 3.24. The smallest absolute Gasteiger partial charge is 0.310 e. The number of aromatic nitrogens is 2. The molecule has 1 aromatic rings. The van der Waals surface area contributed by atoms with Gasteiger partial charge in [0.05, 0.1) is 24.9 Å². The van der Waals surface area contributed by atoms with Gasteiger partial charge in [0.15, 0.2) is 0 Å². The molecule has 2 heterocycles. The number of hydrogen-bond donors (Lipinski definition) is 0. The monoisotopic (exact) mass is 263 g/mol. The summed E-state index contributed by atoms with van der Waals surface area (Å²) in [5, 5.41) is 0. The van der Waals surface area contributed by atoms with Crippen molar-refractivity contribution in [3.63, 3.8) is 0 Å². The van der Waals surface area contributed by atoms with E-state index in [1.165, 1.54) is 13.3 Å². The number of carbonyl (C=O) groups is 2. The molecular formula is C13H17N3O3. The summed E-state index contributed by atoms with van der Waals surface area (Å²) in [6.07, 6.45) is 4.59. The Hall–Kier alpha value is -1.98. The van der Waals surface area contributed by atoms with Crippen molar-refractivity contribution in [2.45, 2.75) is 19.8 Å². The standard InChI is InChI=1S/C13H17N3O3/c1-9-6-15-11(7-14-9)12(17)16-5-3-4-10(8-16)13(18)19-2/h6-7,10H,3-5,8H2,1-2H3/t10-/m0/s1. The number of piperidine rings is 1. The molecule has 1 fully saturated rings. The summed E-state index contributed by atoms with van der Waals surface area (Å²) >= 11 is 0. The molecule has 1 aliphatic rings. The second-order valence-electron chi connectivity index (χ2n) is 4.66. The first kappa shape index (κ1) is 13.5. The van der Waals surface area contributed by atoms with Crippen molar-refractivity contribution in [3.05, 3.63) is 23.8 Å². The lowest BCUT2D eigenvalue weighted by molar-refractivity contribution is -0.146. The lowest BCUT2D eigenvalue weighted by atomic mass is 9.98. The van der Waals surface area contributed by atoms with Gasteiger partial charge in [-0.2, -0.15) is 0 Å². The molecule has 1 aliphatic heterocycles. The van der Waals surface area contributed by atoms with Crippen molar-refractivity contribution in [1.29, 1.82) is 0 Å². The van der Waals surface area contributed by atoms with E-state index in [0.717, 1.165) is 18.5 Å². The number of amides is 1. The molecule has 6 heteroatoms. The number of ether oxygens (including phenoxy) is 1. The summed E-state index contributed by atoms with van der Waals surface area (Å²) in [4.78, 5) is 33.5. The van der Waals surface area contributed by atoms with Crippen molar-refractivity contribution < 1.29 is 14.3 Å². The van der Waals surface area contributed by atoms with E-state index in [1.807, 2.05) is 6.92 Å². The van der Waals surface area contributed by atoms with Gasteiger partial charge in [-0.15, -0.1) is 0 Å². The van der Waals surface area contributed by atoms with Crippen LogP contribution < -0.4 is 0 Å². The SMILES string of the molecule is COC(=O)[C@H]1CCCN(C(=O)c2cnc(C)cn2)C1. The average molecular weight is 263 g/mol. The zero-order valence-electron chi connectivity index (χ0n) is 11.1. The van der Waals surface area contributed by atoms with Gasteiger partial charge >= 0.3 is 5.97 Å². The van der Waals surface area contributed by atoms with E-state index in [0.29, 0.717) is 18.8 Å². The highest BCUT2D eigenvalue weighted by atomic mass is 16.5. The minimum Gasteiger partial charge on any atom is -0.469 e. The second-order valence-corrected chi connectivity index (χ2v) is 4.66. The van der Waals surface area contributed by atoms with E-state index in [9.17, 15) is 9.59 Å². The van der Waals surface area contributed by atoms with E-state index in [4.69, 9.17) is 4.74 Å². The molecule has 102 valence electrons. The Morgan fingerprint density at radius 2 is 2.16 bits per heavy atom. The predicted molar refractivity (Wildman–Crippen MR) is 67.4 cm³/mol. The van der Waals surface area contributed by atoms with Crippen molar-refractivity contribution >= 4 is 11.9 Å². The first-order valence-corrected chi connectivity index (χ1v) is 6.27. The zero-order valence-corrected chi connectivity index (χ0v) is 11.1. The Bertz CT molecular complexity index is 473. The largest absolute Gasteiger partial charge is 0.469 e. The topological polar surface area (TPSA) is 72.4 Å². The highest BCUT2D eigenvalue weighted by Gasteiger charge is 2.29. The van der Waals surface area contributed by atoms with Gasteiger partial charge in [0.1, 0.15) is 5.69 Å². The van der Waals surface area contributed by atoms with Crippen LogP contribution in [0.25, 0.3) is 0 Å². The molecule has 1 aromatic heterocycles. The maximum Gasteiger partial charge on any atom is 0.310 e. The normalized spacial score (nSPS) is 19.1. The summed E-state index contributed by atoms with van der Waals surface area (Å²) in [5.41, 5.74) is 1.08. The van der Waals surface area contributed by atoms with Crippen LogP contribution in [0, 0.1) is 12.8 Å². The Labute approximate surface area is 111 Å². The maximum atomic E-state index is 12.2. The molecule has 0 saturated carbocycles. The van der Waals surface area contributed by atoms with Gasteiger partial charge < -0.3 is 9.64 Å². The molecule has 6 nitrogen and oxygen atoms in total. The molecule has 0 aliphatic carbocycles. The lowest BCUT2D eigenvalue weighted by Crippen LogP contribution is -2.43. The Morgan fingerprint density at radius 1 is 1.37 bits per heavy atom. The van der Waals surface area contributed by atoms with Crippen LogP contribution in [-0.2, 0) is 9.53 Å². The fourth-order valence-electron chi connectivity index (χ4n) is 2.19. The van der Waals surface area contributed by atoms with Gasteiger partial charge in [0.2, 0.25) is 0 Å². The van der Waals surface area contributed by atoms with E-state index in [-0.39, 0.29) is 17.8 Å². The Morgan fingerprint density at radius 3 is 2.79 bits per heavy atom. The average Bonchev–Trinajstić information content (AvgIpc) is 2.46. The molecule has 1 atom stereocenters. The van der Waals surface area contributed by atoms with E-state index in [2.05, 4.69) is 9.97 Å². The van der Waals surface area contributed by atoms with Gasteiger partial charge in [-0.1, -0.05) is 0 Å². The summed E-state index contributed by atoms with van der Waals surface area (Å²) in [6.45, 7) is 2.85. The highest BCUT2D eigenvalue weighted by molar-refractivity contribution is 5.92. The van der Waals surface area contributed by atoms with E-state index < -0.39 is 0 Å². The third kappa shape index (κ3) is 3.07. The summed E-state index contributed by atoms with van der Waals surface area (Å²) < 4.78 is 4.73. The Kier molecular flexibility index (Phi) is 4.09. The number of carbonyl (C=O) groups excluding carboxylic acids is 2. The third-order valence-electron chi connectivity index (χ3n) is 3.24. The van der Waals surface area contributed by atoms with Gasteiger partial charge in [-0.25, -0.2) is 4.98 Å². The second kappa shape index (κ2) is 5.77. The quantitative estimate of drug-likeness (QED) is 0.738. The number of esters is 1. The predicted octanol–water partition coefficient (Wildman–Crippen LogP) is 0.810. The number of rotatable bonds is 2. The fourth-order valence-corrected chi connectivity index (χ4v) is 2.19. The van der Waals surface area contributed by atoms with Crippen molar-refractivity contribution in [2.24, 2.45) is 5.92 Å². The molecule has 1 saturated heterocycles. The number of likely N-dealkylation sites (tertiary alicyclic amines) is 1. The van der Waals surface area contributed by atoms with Gasteiger partial charge in [0.25, 0.3) is 5.91 Å². The van der Waals surface area contributed by atoms with Crippen LogP contribution in [0.1, 0.15) is 29.0 Å². The van der Waals surface area contributed by atoms with Gasteiger partial charge in [-0.05, 0) is 19.8 Å². The van der Waals surface area contributed by atoms with Gasteiger partial charge in [0, 0.05) is 19.3 Å². The maximum absolute atomic E-state index is 12.2. The zero-order chi connectivity index (χ0) is 13.8. The molecule has 0 bridgehead atoms. The van der Waals surface area contributed by atoms with E-state index >= 15 is 0 Å². The van der Waals surface area contributed by atoms with Crippen molar-refractivity contribution in [2.75, 3.05) is 20.2 Å². The number of aryl methyl sites for hydroxylation is 1. The van der Waals surface area contributed by atoms with Crippen molar-refractivity contribution in [3.8, 4) is 0 Å². The first-order chi connectivity index (χ1) is 9.11. The minimum atomic E-state index is -0.257. The molecule has 0 aromatic carbocycles. The van der Waals surface area contributed by atoms with Crippen LogP contribution in [-0.4, -0.2) is 46.9 Å². The van der Waals surface area contributed by atoms with Crippen LogP contribution in [0.3, 0.4) is 0 Å². The number of nitrogens with zero attached hydrogens (tertiary/aromatic N) is 3. The summed E-state index contributed by atoms with van der Waals surface area (Å²) in [6, 6.07) is 0. The summed E-state index contributed by atoms with van der Waals surface area (Å²) in [5.74, 6) is -0.672. The van der Waals surface area contributed by atoms with Crippen LogP contribution in [0.5, 0.6) is 0 Å². The van der Waals surface area contributed by atoms with Crippen molar-refractivity contribution in [1.82, 2.24) is 14.9 Å². The number of methoxy groups -OCH3 is 1. The van der Waals surface area contributed by atoms with Crippen LogP contribution in [0.4, 0.5) is 0 Å². The molecule has 19 heavy (non-hydrogen) atoms. The molecule has 0 unspecified atom stereocenters. The number of hydrogen-bond acceptors (Lipinski definition) is 5. The first-order valence-electron chi connectivity index (χ1n) is 6.27. The minimum absolute atomic E-state index is 0.180. The molecule has 0 radical (unpaired) electrons. The van der Waals surface area contributed by atoms with Crippen LogP contribution in [0.2, 0.25) is 0 Å². The molecule has 0 N–H and O–H groups in total. The fraction of sp³-hybridized carbons (Fsp3) is 0.538. The highest BCUT2D eigenvalue weighted by Crippen LogP contribution is 2.19. The summed E-state index contributed by atoms with van der Waals surface area (Å²) in [7, 11) is 1.37. The Balaban J connectivity index is 2.06. The van der Waals surface area contributed by atoms with Crippen LogP contribution in [0.15, 0.2) is 12.4 Å². The van der Waals surface area contributed by atoms with Gasteiger partial charge in [-0.3, -0.25) is 14.6 Å². The van der Waals surface area contributed by atoms with Crippen LogP contribution >= 0.6 is 0 Å². The molecule has 2 rings (SSSR count). The lowest BCUT2D eigenvalue weighted by Gasteiger charge is -2.31. The molecule has 1 amide bonds. The van der Waals surface area contributed by atoms with E-state index in [1.54, 1.807) is 11.1 Å². The molecular weight excluding hydrogens is 246 g/mol.